The summed E-state index contributed by atoms with van der Waals surface area (Å²) in [5.41, 5.74) is 5.91. The number of hydrogen-bond donors (Lipinski definition) is 2. The highest BCUT2D eigenvalue weighted by atomic mass is 32.1. The molecule has 0 spiro atoms. The molecule has 0 fully saturated rings. The first kappa shape index (κ1) is 16.8. The fraction of sp³-hybridized carbons (Fsp3) is 0.600. The third-order valence-corrected chi connectivity index (χ3v) is 4.41. The van der Waals surface area contributed by atoms with Gasteiger partial charge in [-0.2, -0.15) is 0 Å². The van der Waals surface area contributed by atoms with Crippen LogP contribution in [-0.2, 0) is 17.7 Å². The fourth-order valence-electron chi connectivity index (χ4n) is 2.20. The van der Waals surface area contributed by atoms with Gasteiger partial charge in [-0.3, -0.25) is 4.79 Å². The van der Waals surface area contributed by atoms with E-state index >= 15 is 0 Å². The van der Waals surface area contributed by atoms with Crippen LogP contribution in [0.3, 0.4) is 0 Å². The first-order valence-corrected chi connectivity index (χ1v) is 8.19. The zero-order valence-corrected chi connectivity index (χ0v) is 14.1. The smallest absolute Gasteiger partial charge is 0.410 e. The summed E-state index contributed by atoms with van der Waals surface area (Å²) in [7, 11) is 0. The van der Waals surface area contributed by atoms with Crippen LogP contribution < -0.4 is 11.1 Å². The van der Waals surface area contributed by atoms with Crippen molar-refractivity contribution >= 4 is 23.3 Å². The highest BCUT2D eigenvalue weighted by molar-refractivity contribution is 7.14. The molecule has 122 valence electrons. The van der Waals surface area contributed by atoms with Crippen molar-refractivity contribution in [1.29, 1.82) is 0 Å². The van der Waals surface area contributed by atoms with Gasteiger partial charge in [0.15, 0.2) is 0 Å². The fourth-order valence-corrected chi connectivity index (χ4v) is 3.28. The molecule has 1 aliphatic heterocycles. The van der Waals surface area contributed by atoms with Gasteiger partial charge >= 0.3 is 6.09 Å². The molecule has 0 aliphatic carbocycles. The van der Waals surface area contributed by atoms with Crippen molar-refractivity contribution in [2.45, 2.75) is 39.3 Å². The molecule has 1 aromatic rings. The standard InChI is InChI=1S/C15H23N3O3S/c1-15(2,3)21-14(20)18-7-4-11-10(9-18)8-12(22-11)13(19)17-6-5-16/h8H,4-7,9,16H2,1-3H3,(H,17,19). The molecule has 22 heavy (non-hydrogen) atoms. The van der Waals surface area contributed by atoms with Crippen LogP contribution in [0.15, 0.2) is 6.07 Å². The third-order valence-electron chi connectivity index (χ3n) is 3.17. The molecule has 0 atom stereocenters. The number of nitrogens with two attached hydrogens (primary N) is 1. The Balaban J connectivity index is 2.03. The Morgan fingerprint density at radius 1 is 1.45 bits per heavy atom. The molecule has 0 saturated carbocycles. The van der Waals surface area contributed by atoms with E-state index in [0.717, 1.165) is 16.9 Å². The van der Waals surface area contributed by atoms with Gasteiger partial charge in [0, 0.05) is 24.5 Å². The molecule has 2 amide bonds. The van der Waals surface area contributed by atoms with Crippen LogP contribution in [0.5, 0.6) is 0 Å². The van der Waals surface area contributed by atoms with Gasteiger partial charge in [0.05, 0.1) is 11.4 Å². The quantitative estimate of drug-likeness (QED) is 0.886. The maximum absolute atomic E-state index is 12.1. The molecular formula is C15H23N3O3S. The van der Waals surface area contributed by atoms with E-state index in [0.29, 0.717) is 31.1 Å². The molecule has 1 aromatic heterocycles. The van der Waals surface area contributed by atoms with E-state index in [1.165, 1.54) is 11.3 Å². The zero-order valence-electron chi connectivity index (χ0n) is 13.3. The second-order valence-electron chi connectivity index (χ2n) is 6.26. The topological polar surface area (TPSA) is 84.7 Å². The summed E-state index contributed by atoms with van der Waals surface area (Å²) in [5, 5.41) is 2.76. The van der Waals surface area contributed by atoms with Gasteiger partial charge in [0.1, 0.15) is 5.60 Å². The SMILES string of the molecule is CC(C)(C)OC(=O)N1CCc2sc(C(=O)NCCN)cc2C1. The molecule has 0 bridgehead atoms. The van der Waals surface area contributed by atoms with Crippen molar-refractivity contribution in [2.75, 3.05) is 19.6 Å². The Kier molecular flexibility index (Phi) is 5.08. The summed E-state index contributed by atoms with van der Waals surface area (Å²) < 4.78 is 5.40. The van der Waals surface area contributed by atoms with E-state index in [1.54, 1.807) is 4.90 Å². The Bertz CT molecular complexity index is 563. The summed E-state index contributed by atoms with van der Waals surface area (Å²) >= 11 is 1.49. The molecule has 1 aliphatic rings. The largest absolute Gasteiger partial charge is 0.444 e. The number of thiophene rings is 1. The number of carbonyl (C=O) groups excluding carboxylic acids is 2. The van der Waals surface area contributed by atoms with E-state index in [4.69, 9.17) is 10.5 Å². The summed E-state index contributed by atoms with van der Waals surface area (Å²) in [5.74, 6) is -0.103. The summed E-state index contributed by atoms with van der Waals surface area (Å²) in [6.45, 7) is 7.55. The minimum absolute atomic E-state index is 0.103. The number of nitrogens with one attached hydrogen (secondary N) is 1. The van der Waals surface area contributed by atoms with Crippen LogP contribution in [0.25, 0.3) is 0 Å². The number of carbonyl (C=O) groups is 2. The van der Waals surface area contributed by atoms with Crippen molar-refractivity contribution in [3.63, 3.8) is 0 Å². The van der Waals surface area contributed by atoms with Gasteiger partial charge in [-0.15, -0.1) is 11.3 Å². The van der Waals surface area contributed by atoms with Crippen molar-refractivity contribution in [3.8, 4) is 0 Å². The third kappa shape index (κ3) is 4.20. The van der Waals surface area contributed by atoms with Gasteiger partial charge in [0.2, 0.25) is 0 Å². The van der Waals surface area contributed by atoms with Gasteiger partial charge < -0.3 is 20.7 Å². The lowest BCUT2D eigenvalue weighted by molar-refractivity contribution is 0.0225. The van der Waals surface area contributed by atoms with Gasteiger partial charge in [-0.1, -0.05) is 0 Å². The number of hydrogen-bond acceptors (Lipinski definition) is 5. The summed E-state index contributed by atoms with van der Waals surface area (Å²) in [6, 6.07) is 1.86. The second-order valence-corrected chi connectivity index (χ2v) is 7.39. The Hall–Kier alpha value is -1.60. The van der Waals surface area contributed by atoms with Crippen molar-refractivity contribution in [3.05, 3.63) is 21.4 Å². The van der Waals surface area contributed by atoms with Crippen LogP contribution in [0.4, 0.5) is 4.79 Å². The van der Waals surface area contributed by atoms with Crippen LogP contribution in [0, 0.1) is 0 Å². The van der Waals surface area contributed by atoms with E-state index in [2.05, 4.69) is 5.32 Å². The summed E-state index contributed by atoms with van der Waals surface area (Å²) in [4.78, 5) is 27.6. The van der Waals surface area contributed by atoms with E-state index < -0.39 is 5.60 Å². The molecule has 3 N–H and O–H groups in total. The van der Waals surface area contributed by atoms with Crippen LogP contribution in [0.1, 0.15) is 40.9 Å². The Morgan fingerprint density at radius 2 is 2.18 bits per heavy atom. The molecule has 0 aromatic carbocycles. The first-order valence-electron chi connectivity index (χ1n) is 7.38. The Morgan fingerprint density at radius 3 is 2.82 bits per heavy atom. The zero-order chi connectivity index (χ0) is 16.3. The molecule has 2 rings (SSSR count). The maximum atomic E-state index is 12.1. The van der Waals surface area contributed by atoms with Crippen molar-refractivity contribution < 1.29 is 14.3 Å². The molecular weight excluding hydrogens is 302 g/mol. The Labute approximate surface area is 134 Å². The molecule has 0 unspecified atom stereocenters. The highest BCUT2D eigenvalue weighted by Gasteiger charge is 2.27. The highest BCUT2D eigenvalue weighted by Crippen LogP contribution is 2.28. The minimum atomic E-state index is -0.501. The average Bonchev–Trinajstić information content (AvgIpc) is 2.85. The molecule has 7 heteroatoms. The monoisotopic (exact) mass is 325 g/mol. The summed E-state index contributed by atoms with van der Waals surface area (Å²) in [6.07, 6.45) is 0.446. The molecule has 0 radical (unpaired) electrons. The predicted molar refractivity (Wildman–Crippen MR) is 86.1 cm³/mol. The predicted octanol–water partition coefficient (Wildman–Crippen LogP) is 1.73. The van der Waals surface area contributed by atoms with Crippen LogP contribution in [0.2, 0.25) is 0 Å². The normalized spacial score (nSPS) is 14.5. The molecule has 2 heterocycles. The number of nitrogens with zero attached hydrogens (tertiary/aromatic N) is 1. The maximum Gasteiger partial charge on any atom is 0.410 e. The lowest BCUT2D eigenvalue weighted by Crippen LogP contribution is -2.39. The van der Waals surface area contributed by atoms with Gasteiger partial charge in [0.25, 0.3) is 5.91 Å². The van der Waals surface area contributed by atoms with Crippen molar-refractivity contribution in [2.24, 2.45) is 5.73 Å². The van der Waals surface area contributed by atoms with E-state index in [1.807, 2.05) is 26.8 Å². The first-order chi connectivity index (χ1) is 10.3. The van der Waals surface area contributed by atoms with Crippen LogP contribution in [-0.4, -0.2) is 42.1 Å². The second kappa shape index (κ2) is 6.66. The molecule has 0 saturated heterocycles. The minimum Gasteiger partial charge on any atom is -0.444 e. The van der Waals surface area contributed by atoms with E-state index in [-0.39, 0.29) is 12.0 Å². The lowest BCUT2D eigenvalue weighted by Gasteiger charge is -2.29. The van der Waals surface area contributed by atoms with Gasteiger partial charge in [-0.25, -0.2) is 4.79 Å². The van der Waals surface area contributed by atoms with Gasteiger partial charge in [-0.05, 0) is 38.8 Å². The van der Waals surface area contributed by atoms with Crippen LogP contribution >= 0.6 is 11.3 Å². The van der Waals surface area contributed by atoms with Crippen molar-refractivity contribution in [1.82, 2.24) is 10.2 Å². The molecule has 6 nitrogen and oxygen atoms in total. The number of ether oxygens (including phenoxy) is 1. The van der Waals surface area contributed by atoms with E-state index in [9.17, 15) is 9.59 Å². The number of rotatable bonds is 3. The number of fused-ring (bicyclic) bond motifs is 1. The number of amides is 2. The average molecular weight is 325 g/mol. The lowest BCUT2D eigenvalue weighted by atomic mass is 10.1.